The molecule has 0 saturated carbocycles. The predicted octanol–water partition coefficient (Wildman–Crippen LogP) is 3.50. The van der Waals surface area contributed by atoms with Gasteiger partial charge in [-0.2, -0.15) is 0 Å². The number of halogens is 1. The molecule has 1 aromatic carbocycles. The average molecular weight is 358 g/mol. The summed E-state index contributed by atoms with van der Waals surface area (Å²) in [6.45, 7) is 8.92. The summed E-state index contributed by atoms with van der Waals surface area (Å²) in [5, 5.41) is 0.576. The first-order valence-corrected chi connectivity index (χ1v) is 8.49. The van der Waals surface area contributed by atoms with E-state index < -0.39 is 0 Å². The largest absolute Gasteiger partial charge is 0.377 e. The normalized spacial score (nSPS) is 17.4. The highest BCUT2D eigenvalue weighted by atomic mass is 35.5. The fraction of sp³-hybridized carbons (Fsp3) is 0.316. The Labute approximate surface area is 152 Å². The van der Waals surface area contributed by atoms with Gasteiger partial charge in [0, 0.05) is 28.5 Å². The smallest absolute Gasteiger partial charge is 0.246 e. The molecule has 1 fully saturated rings. The van der Waals surface area contributed by atoms with Gasteiger partial charge >= 0.3 is 0 Å². The minimum atomic E-state index is -0.206. The Morgan fingerprint density at radius 1 is 1.28 bits per heavy atom. The maximum absolute atomic E-state index is 12.2. The summed E-state index contributed by atoms with van der Waals surface area (Å²) in [5.41, 5.74) is 3.52. The predicted molar refractivity (Wildman–Crippen MR) is 97.4 cm³/mol. The lowest BCUT2D eigenvalue weighted by Crippen LogP contribution is -2.42. The summed E-state index contributed by atoms with van der Waals surface area (Å²) < 4.78 is 5.58. The first-order valence-electron chi connectivity index (χ1n) is 8.12. The van der Waals surface area contributed by atoms with Gasteiger partial charge in [0.05, 0.1) is 19.3 Å². The monoisotopic (exact) mass is 357 g/mol. The molecule has 0 N–H and O–H groups in total. The topological polar surface area (TPSA) is 55.3 Å². The molecule has 2 aromatic rings. The van der Waals surface area contributed by atoms with Crippen LogP contribution in [0.15, 0.2) is 36.9 Å². The molecule has 1 aromatic heterocycles. The van der Waals surface area contributed by atoms with Gasteiger partial charge in [0.25, 0.3) is 0 Å². The molecule has 1 aliphatic rings. The van der Waals surface area contributed by atoms with Crippen LogP contribution in [0.2, 0.25) is 5.02 Å². The zero-order chi connectivity index (χ0) is 18.0. The molecule has 3 rings (SSSR count). The van der Waals surface area contributed by atoms with Crippen molar-refractivity contribution in [1.29, 1.82) is 0 Å². The first-order chi connectivity index (χ1) is 12.0. The van der Waals surface area contributed by atoms with Crippen molar-refractivity contribution in [3.05, 3.63) is 58.9 Å². The number of morpholine rings is 1. The van der Waals surface area contributed by atoms with E-state index >= 15 is 0 Å². The van der Waals surface area contributed by atoms with E-state index in [1.54, 1.807) is 4.90 Å². The average Bonchev–Trinajstić information content (AvgIpc) is 2.59. The number of ether oxygens (including phenoxy) is 1. The molecule has 1 aliphatic heterocycles. The summed E-state index contributed by atoms with van der Waals surface area (Å²) >= 11 is 6.34. The zero-order valence-corrected chi connectivity index (χ0v) is 15.1. The third-order valence-electron chi connectivity index (χ3n) is 4.13. The van der Waals surface area contributed by atoms with Gasteiger partial charge in [0.2, 0.25) is 5.91 Å². The van der Waals surface area contributed by atoms with Crippen LogP contribution in [0.4, 0.5) is 0 Å². The van der Waals surface area contributed by atoms with Crippen molar-refractivity contribution in [2.75, 3.05) is 19.8 Å². The van der Waals surface area contributed by atoms with Crippen molar-refractivity contribution < 1.29 is 9.53 Å². The minimum Gasteiger partial charge on any atom is -0.377 e. The highest BCUT2D eigenvalue weighted by molar-refractivity contribution is 6.31. The summed E-state index contributed by atoms with van der Waals surface area (Å²) in [5.74, 6) is 0.511. The summed E-state index contributed by atoms with van der Waals surface area (Å²) in [6.07, 6.45) is 1.33. The van der Waals surface area contributed by atoms with Crippen LogP contribution in [-0.4, -0.2) is 40.5 Å². The third kappa shape index (κ3) is 3.89. The standard InChI is InChI=1S/C19H20ClN3O2/c1-4-18(24)23-5-6-25-11-17(23)14-8-15(10-16(20)9-14)19-21-12(2)7-13(3)22-19/h4,7-10,17H,1,5-6,11H2,2-3H3/t17-/m0/s1. The number of carbonyl (C=O) groups excluding carboxylic acids is 1. The summed E-state index contributed by atoms with van der Waals surface area (Å²) in [6, 6.07) is 7.39. The fourth-order valence-corrected chi connectivity index (χ4v) is 3.29. The van der Waals surface area contributed by atoms with Crippen molar-refractivity contribution in [3.63, 3.8) is 0 Å². The second-order valence-electron chi connectivity index (χ2n) is 6.07. The van der Waals surface area contributed by atoms with E-state index in [9.17, 15) is 4.79 Å². The van der Waals surface area contributed by atoms with E-state index in [-0.39, 0.29) is 11.9 Å². The van der Waals surface area contributed by atoms with Gasteiger partial charge in [-0.15, -0.1) is 0 Å². The van der Waals surface area contributed by atoms with Crippen molar-refractivity contribution in [3.8, 4) is 11.4 Å². The molecule has 1 atom stereocenters. The number of hydrogen-bond donors (Lipinski definition) is 0. The van der Waals surface area contributed by atoms with Gasteiger partial charge in [0.15, 0.2) is 5.82 Å². The Bertz CT molecular complexity index is 802. The lowest BCUT2D eigenvalue weighted by molar-refractivity contribution is -0.134. The van der Waals surface area contributed by atoms with E-state index in [1.165, 1.54) is 6.08 Å². The van der Waals surface area contributed by atoms with Gasteiger partial charge in [-0.25, -0.2) is 9.97 Å². The van der Waals surface area contributed by atoms with E-state index in [4.69, 9.17) is 16.3 Å². The quantitative estimate of drug-likeness (QED) is 0.789. The Kier molecular flexibility index (Phi) is 5.16. The van der Waals surface area contributed by atoms with Gasteiger partial charge in [-0.05, 0) is 49.8 Å². The molecule has 5 nitrogen and oxygen atoms in total. The SMILES string of the molecule is C=CC(=O)N1CCOC[C@H]1c1cc(Cl)cc(-c2nc(C)cc(C)n2)c1. The number of amides is 1. The van der Waals surface area contributed by atoms with Crippen LogP contribution < -0.4 is 0 Å². The highest BCUT2D eigenvalue weighted by Crippen LogP contribution is 2.30. The molecule has 1 amide bonds. The number of rotatable bonds is 3. The maximum atomic E-state index is 12.2. The molecular formula is C19H20ClN3O2. The molecule has 0 aliphatic carbocycles. The Morgan fingerprint density at radius 3 is 2.68 bits per heavy atom. The first kappa shape index (κ1) is 17.6. The molecular weight excluding hydrogens is 338 g/mol. The fourth-order valence-electron chi connectivity index (χ4n) is 3.05. The number of carbonyl (C=O) groups is 1. The van der Waals surface area contributed by atoms with Gasteiger partial charge < -0.3 is 9.64 Å². The second kappa shape index (κ2) is 7.33. The Balaban J connectivity index is 2.03. The molecule has 25 heavy (non-hydrogen) atoms. The van der Waals surface area contributed by atoms with E-state index in [2.05, 4.69) is 16.5 Å². The molecule has 2 heterocycles. The molecule has 0 radical (unpaired) electrons. The van der Waals surface area contributed by atoms with Crippen molar-refractivity contribution >= 4 is 17.5 Å². The van der Waals surface area contributed by atoms with Crippen LogP contribution in [0.5, 0.6) is 0 Å². The molecule has 0 spiro atoms. The van der Waals surface area contributed by atoms with Crippen molar-refractivity contribution in [2.45, 2.75) is 19.9 Å². The Morgan fingerprint density at radius 2 is 2.00 bits per heavy atom. The van der Waals surface area contributed by atoms with Crippen LogP contribution in [0.3, 0.4) is 0 Å². The van der Waals surface area contributed by atoms with Crippen LogP contribution in [0.1, 0.15) is 23.0 Å². The van der Waals surface area contributed by atoms with Crippen LogP contribution in [-0.2, 0) is 9.53 Å². The lowest BCUT2D eigenvalue weighted by atomic mass is 10.0. The maximum Gasteiger partial charge on any atom is 0.246 e. The molecule has 1 saturated heterocycles. The van der Waals surface area contributed by atoms with Crippen molar-refractivity contribution in [2.24, 2.45) is 0 Å². The van der Waals surface area contributed by atoms with Gasteiger partial charge in [0.1, 0.15) is 0 Å². The van der Waals surface area contributed by atoms with E-state index in [0.29, 0.717) is 30.6 Å². The molecule has 0 bridgehead atoms. The van der Waals surface area contributed by atoms with Crippen LogP contribution in [0, 0.1) is 13.8 Å². The summed E-state index contributed by atoms with van der Waals surface area (Å²) in [4.78, 5) is 22.9. The van der Waals surface area contributed by atoms with E-state index in [0.717, 1.165) is 22.5 Å². The molecule has 0 unspecified atom stereocenters. The Hall–Kier alpha value is -2.24. The number of aromatic nitrogens is 2. The molecule has 6 heteroatoms. The number of aryl methyl sites for hydroxylation is 2. The highest BCUT2D eigenvalue weighted by Gasteiger charge is 2.28. The van der Waals surface area contributed by atoms with E-state index in [1.807, 2.05) is 38.1 Å². The number of hydrogen-bond acceptors (Lipinski definition) is 4. The number of benzene rings is 1. The van der Waals surface area contributed by atoms with Crippen LogP contribution >= 0.6 is 11.6 Å². The number of nitrogens with zero attached hydrogens (tertiary/aromatic N) is 3. The van der Waals surface area contributed by atoms with Gasteiger partial charge in [-0.1, -0.05) is 18.2 Å². The van der Waals surface area contributed by atoms with Gasteiger partial charge in [-0.3, -0.25) is 4.79 Å². The minimum absolute atomic E-state index is 0.113. The van der Waals surface area contributed by atoms with Crippen molar-refractivity contribution in [1.82, 2.24) is 14.9 Å². The zero-order valence-electron chi connectivity index (χ0n) is 14.3. The lowest BCUT2D eigenvalue weighted by Gasteiger charge is -2.35. The van der Waals surface area contributed by atoms with Crippen LogP contribution in [0.25, 0.3) is 11.4 Å². The second-order valence-corrected chi connectivity index (χ2v) is 6.51. The summed E-state index contributed by atoms with van der Waals surface area (Å²) in [7, 11) is 0. The molecule has 130 valence electrons. The third-order valence-corrected chi connectivity index (χ3v) is 4.35.